The molecule has 4 aromatic rings. The molecule has 5 nitrogen and oxygen atoms in total. The van der Waals surface area contributed by atoms with Gasteiger partial charge in [-0.05, 0) is 37.3 Å². The molecule has 0 saturated heterocycles. The fourth-order valence-corrected chi connectivity index (χ4v) is 2.51. The lowest BCUT2D eigenvalue weighted by atomic mass is 10.1. The summed E-state index contributed by atoms with van der Waals surface area (Å²) in [6, 6.07) is 15.9. The molecule has 0 aliphatic carbocycles. The molecule has 4 rings (SSSR count). The van der Waals surface area contributed by atoms with Crippen molar-refractivity contribution in [1.29, 1.82) is 0 Å². The average Bonchev–Trinajstić information content (AvgIpc) is 2.97. The zero-order valence-electron chi connectivity index (χ0n) is 12.0. The van der Waals surface area contributed by atoms with Crippen LogP contribution < -0.4 is 0 Å². The molecule has 0 fully saturated rings. The van der Waals surface area contributed by atoms with Crippen molar-refractivity contribution in [2.24, 2.45) is 0 Å². The summed E-state index contributed by atoms with van der Waals surface area (Å²) < 4.78 is 1.84. The van der Waals surface area contributed by atoms with E-state index >= 15 is 0 Å². The predicted molar refractivity (Wildman–Crippen MR) is 84.6 cm³/mol. The Balaban J connectivity index is 1.84. The van der Waals surface area contributed by atoms with E-state index in [1.165, 1.54) is 0 Å². The third-order valence-electron chi connectivity index (χ3n) is 3.62. The van der Waals surface area contributed by atoms with E-state index in [1.807, 2.05) is 60.1 Å². The summed E-state index contributed by atoms with van der Waals surface area (Å²) in [6.45, 7) is 2.01. The van der Waals surface area contributed by atoms with Gasteiger partial charge >= 0.3 is 0 Å². The monoisotopic (exact) mass is 287 g/mol. The Hall–Kier alpha value is -3.08. The zero-order valence-corrected chi connectivity index (χ0v) is 12.0. The van der Waals surface area contributed by atoms with Gasteiger partial charge in [0, 0.05) is 23.3 Å². The third kappa shape index (κ3) is 2.03. The van der Waals surface area contributed by atoms with Gasteiger partial charge in [0.25, 0.3) is 0 Å². The van der Waals surface area contributed by atoms with Gasteiger partial charge in [-0.15, -0.1) is 5.10 Å². The summed E-state index contributed by atoms with van der Waals surface area (Å²) in [5.41, 5.74) is 4.49. The summed E-state index contributed by atoms with van der Waals surface area (Å²) in [7, 11) is 0. The molecule has 106 valence electrons. The summed E-state index contributed by atoms with van der Waals surface area (Å²) in [4.78, 5) is 8.63. The summed E-state index contributed by atoms with van der Waals surface area (Å²) in [5, 5.41) is 9.58. The molecule has 22 heavy (non-hydrogen) atoms. The van der Waals surface area contributed by atoms with Gasteiger partial charge in [-0.1, -0.05) is 23.4 Å². The fourth-order valence-electron chi connectivity index (χ4n) is 2.51. The van der Waals surface area contributed by atoms with Crippen molar-refractivity contribution < 1.29 is 0 Å². The quantitative estimate of drug-likeness (QED) is 0.568. The van der Waals surface area contributed by atoms with Crippen LogP contribution in [-0.4, -0.2) is 25.0 Å². The number of pyridine rings is 2. The number of hydrogen-bond acceptors (Lipinski definition) is 4. The van der Waals surface area contributed by atoms with E-state index in [0.29, 0.717) is 0 Å². The van der Waals surface area contributed by atoms with Crippen molar-refractivity contribution in [2.45, 2.75) is 6.92 Å². The summed E-state index contributed by atoms with van der Waals surface area (Å²) in [5.74, 6) is 0. The first-order valence-corrected chi connectivity index (χ1v) is 7.02. The Labute approximate surface area is 127 Å². The van der Waals surface area contributed by atoms with Gasteiger partial charge < -0.3 is 0 Å². The molecule has 0 aliphatic rings. The van der Waals surface area contributed by atoms with Crippen LogP contribution in [0.15, 0.2) is 60.9 Å². The van der Waals surface area contributed by atoms with Crippen LogP contribution in [0.25, 0.3) is 28.0 Å². The van der Waals surface area contributed by atoms with Gasteiger partial charge in [-0.3, -0.25) is 0 Å². The molecule has 3 aromatic heterocycles. The minimum absolute atomic E-state index is 0.736. The SMILES string of the molecule is Cc1c(-c2cnc3ncccc3c2)nnn1-c1ccccc1. The molecule has 0 N–H and O–H groups in total. The van der Waals surface area contributed by atoms with Crippen molar-refractivity contribution in [2.75, 3.05) is 0 Å². The normalized spacial score (nSPS) is 11.0. The van der Waals surface area contributed by atoms with E-state index in [9.17, 15) is 0 Å². The molecule has 0 amide bonds. The Morgan fingerprint density at radius 3 is 2.68 bits per heavy atom. The highest BCUT2D eigenvalue weighted by Gasteiger charge is 2.12. The topological polar surface area (TPSA) is 56.5 Å². The lowest BCUT2D eigenvalue weighted by molar-refractivity contribution is 0.785. The highest BCUT2D eigenvalue weighted by molar-refractivity contribution is 5.80. The summed E-state index contributed by atoms with van der Waals surface area (Å²) >= 11 is 0. The van der Waals surface area contributed by atoms with Gasteiger partial charge in [0.1, 0.15) is 5.69 Å². The first-order chi connectivity index (χ1) is 10.8. The highest BCUT2D eigenvalue weighted by atomic mass is 15.4. The van der Waals surface area contributed by atoms with Gasteiger partial charge in [0.05, 0.1) is 11.4 Å². The number of hydrogen-bond donors (Lipinski definition) is 0. The molecule has 5 heteroatoms. The van der Waals surface area contributed by atoms with Crippen LogP contribution >= 0.6 is 0 Å². The van der Waals surface area contributed by atoms with Crippen LogP contribution in [0.3, 0.4) is 0 Å². The largest absolute Gasteiger partial charge is 0.237 e. The number of aromatic nitrogens is 5. The van der Waals surface area contributed by atoms with Crippen LogP contribution in [-0.2, 0) is 0 Å². The highest BCUT2D eigenvalue weighted by Crippen LogP contribution is 2.24. The molecule has 0 unspecified atom stereocenters. The first kappa shape index (κ1) is 12.6. The first-order valence-electron chi connectivity index (χ1n) is 7.02. The van der Waals surface area contributed by atoms with Crippen LogP contribution in [0.5, 0.6) is 0 Å². The van der Waals surface area contributed by atoms with Gasteiger partial charge in [-0.2, -0.15) is 0 Å². The van der Waals surface area contributed by atoms with E-state index in [0.717, 1.165) is 33.7 Å². The van der Waals surface area contributed by atoms with Crippen molar-refractivity contribution >= 4 is 11.0 Å². The van der Waals surface area contributed by atoms with E-state index in [-0.39, 0.29) is 0 Å². The minimum atomic E-state index is 0.736. The molecule has 0 spiro atoms. The molecular weight excluding hydrogens is 274 g/mol. The number of benzene rings is 1. The number of rotatable bonds is 2. The number of fused-ring (bicyclic) bond motifs is 1. The Bertz CT molecular complexity index is 944. The maximum absolute atomic E-state index is 4.39. The molecule has 0 bridgehead atoms. The average molecular weight is 287 g/mol. The second kappa shape index (κ2) is 5.04. The summed E-state index contributed by atoms with van der Waals surface area (Å²) in [6.07, 6.45) is 3.54. The molecule has 0 saturated carbocycles. The van der Waals surface area contributed by atoms with Crippen molar-refractivity contribution in [3.63, 3.8) is 0 Å². The number of para-hydroxylation sites is 1. The Kier molecular flexibility index (Phi) is 2.89. The predicted octanol–water partition coefficient (Wildman–Crippen LogP) is 3.19. The molecule has 0 radical (unpaired) electrons. The molecule has 0 atom stereocenters. The van der Waals surface area contributed by atoms with E-state index in [1.54, 1.807) is 12.4 Å². The minimum Gasteiger partial charge on any atom is -0.237 e. The smallest absolute Gasteiger partial charge is 0.159 e. The van der Waals surface area contributed by atoms with Crippen LogP contribution in [0.4, 0.5) is 0 Å². The zero-order chi connectivity index (χ0) is 14.9. The van der Waals surface area contributed by atoms with E-state index in [2.05, 4.69) is 20.3 Å². The van der Waals surface area contributed by atoms with Crippen molar-refractivity contribution in [3.8, 4) is 16.9 Å². The maximum Gasteiger partial charge on any atom is 0.159 e. The molecule has 1 aromatic carbocycles. The Morgan fingerprint density at radius 2 is 1.82 bits per heavy atom. The third-order valence-corrected chi connectivity index (χ3v) is 3.62. The molecule has 0 aliphatic heterocycles. The fraction of sp³-hybridized carbons (Fsp3) is 0.0588. The lowest BCUT2D eigenvalue weighted by Gasteiger charge is -2.04. The second-order valence-electron chi connectivity index (χ2n) is 5.04. The van der Waals surface area contributed by atoms with Crippen molar-refractivity contribution in [3.05, 3.63) is 66.6 Å². The molecule has 3 heterocycles. The van der Waals surface area contributed by atoms with E-state index < -0.39 is 0 Å². The van der Waals surface area contributed by atoms with Crippen LogP contribution in [0.2, 0.25) is 0 Å². The second-order valence-corrected chi connectivity index (χ2v) is 5.04. The standard InChI is InChI=1S/C17H13N5/c1-12-16(20-21-22(12)15-7-3-2-4-8-15)14-10-13-6-5-9-18-17(13)19-11-14/h2-11H,1H3. The van der Waals surface area contributed by atoms with Gasteiger partial charge in [-0.25, -0.2) is 14.6 Å². The lowest BCUT2D eigenvalue weighted by Crippen LogP contribution is -1.98. The molecular formula is C17H13N5. The van der Waals surface area contributed by atoms with Gasteiger partial charge in [0.2, 0.25) is 0 Å². The van der Waals surface area contributed by atoms with E-state index in [4.69, 9.17) is 0 Å². The van der Waals surface area contributed by atoms with Crippen LogP contribution in [0.1, 0.15) is 5.69 Å². The number of nitrogens with zero attached hydrogens (tertiary/aromatic N) is 5. The Morgan fingerprint density at radius 1 is 0.955 bits per heavy atom. The maximum atomic E-state index is 4.39. The van der Waals surface area contributed by atoms with Crippen LogP contribution in [0, 0.1) is 6.92 Å². The van der Waals surface area contributed by atoms with Crippen molar-refractivity contribution in [1.82, 2.24) is 25.0 Å². The van der Waals surface area contributed by atoms with Gasteiger partial charge in [0.15, 0.2) is 5.65 Å².